The number of aliphatic hydroxyl groups is 2. The third-order valence-corrected chi connectivity index (χ3v) is 4.59. The fourth-order valence-electron chi connectivity index (χ4n) is 3.04. The van der Waals surface area contributed by atoms with Crippen molar-refractivity contribution in [1.29, 1.82) is 0 Å². The van der Waals surface area contributed by atoms with Gasteiger partial charge in [0.25, 0.3) is 0 Å². The molecule has 0 saturated carbocycles. The highest BCUT2D eigenvalue weighted by molar-refractivity contribution is 5.89. The number of amides is 4. The Kier molecular flexibility index (Phi) is 8.84. The van der Waals surface area contributed by atoms with Crippen molar-refractivity contribution in [2.24, 2.45) is 0 Å². The van der Waals surface area contributed by atoms with E-state index in [1.165, 1.54) is 9.80 Å². The first-order valence-corrected chi connectivity index (χ1v) is 10.2. The van der Waals surface area contributed by atoms with Gasteiger partial charge in [-0.3, -0.25) is 0 Å². The Morgan fingerprint density at radius 3 is 1.35 bits per heavy atom. The van der Waals surface area contributed by atoms with E-state index in [0.717, 1.165) is 11.1 Å². The number of nitrogens with zero attached hydrogens (tertiary/aromatic N) is 2. The predicted octanol–water partition coefficient (Wildman–Crippen LogP) is 2.97. The first-order chi connectivity index (χ1) is 14.6. The monoisotopic (exact) mass is 428 g/mol. The summed E-state index contributed by atoms with van der Waals surface area (Å²) in [7, 11) is 3.27. The highest BCUT2D eigenvalue weighted by Crippen LogP contribution is 2.16. The van der Waals surface area contributed by atoms with Crippen molar-refractivity contribution in [2.75, 3.05) is 37.8 Å². The molecule has 0 aliphatic rings. The maximum Gasteiger partial charge on any atom is 0.321 e. The van der Waals surface area contributed by atoms with Crippen molar-refractivity contribution >= 4 is 23.4 Å². The molecule has 31 heavy (non-hydrogen) atoms. The largest absolute Gasteiger partial charge is 0.392 e. The zero-order valence-electron chi connectivity index (χ0n) is 18.5. The van der Waals surface area contributed by atoms with Crippen LogP contribution in [0.3, 0.4) is 0 Å². The topological polar surface area (TPSA) is 105 Å². The van der Waals surface area contributed by atoms with Gasteiger partial charge in [-0.2, -0.15) is 0 Å². The van der Waals surface area contributed by atoms with E-state index in [1.807, 2.05) is 48.5 Å². The van der Waals surface area contributed by atoms with Gasteiger partial charge in [0.1, 0.15) is 0 Å². The van der Waals surface area contributed by atoms with E-state index in [9.17, 15) is 19.8 Å². The Morgan fingerprint density at radius 1 is 0.742 bits per heavy atom. The number of aliphatic hydroxyl groups excluding tert-OH is 2. The summed E-state index contributed by atoms with van der Waals surface area (Å²) in [6.45, 7) is 3.79. The zero-order chi connectivity index (χ0) is 23.0. The van der Waals surface area contributed by atoms with E-state index in [0.29, 0.717) is 17.8 Å². The quantitative estimate of drug-likeness (QED) is 0.519. The fourth-order valence-corrected chi connectivity index (χ4v) is 3.04. The van der Waals surface area contributed by atoms with Gasteiger partial charge in [0, 0.05) is 38.6 Å². The molecule has 8 heteroatoms. The van der Waals surface area contributed by atoms with Gasteiger partial charge >= 0.3 is 12.1 Å². The van der Waals surface area contributed by atoms with E-state index >= 15 is 0 Å². The van der Waals surface area contributed by atoms with Crippen molar-refractivity contribution in [3.05, 3.63) is 59.7 Å². The summed E-state index contributed by atoms with van der Waals surface area (Å²) in [5.74, 6) is 0. The molecule has 2 rings (SSSR count). The molecule has 4 N–H and O–H groups in total. The van der Waals surface area contributed by atoms with Crippen LogP contribution in [0.25, 0.3) is 0 Å². The van der Waals surface area contributed by atoms with Crippen molar-refractivity contribution < 1.29 is 19.8 Å². The van der Waals surface area contributed by atoms with Gasteiger partial charge < -0.3 is 30.6 Å². The third-order valence-electron chi connectivity index (χ3n) is 4.59. The molecule has 0 bridgehead atoms. The lowest BCUT2D eigenvalue weighted by atomic mass is 10.0. The number of rotatable bonds is 8. The van der Waals surface area contributed by atoms with Crippen molar-refractivity contribution in [3.8, 4) is 0 Å². The number of hydrogen-bond acceptors (Lipinski definition) is 4. The lowest BCUT2D eigenvalue weighted by Gasteiger charge is -2.19. The van der Waals surface area contributed by atoms with Crippen LogP contribution >= 0.6 is 0 Å². The smallest absolute Gasteiger partial charge is 0.321 e. The van der Waals surface area contributed by atoms with Gasteiger partial charge in [-0.05, 0) is 55.7 Å². The van der Waals surface area contributed by atoms with Crippen LogP contribution in [0.15, 0.2) is 48.5 Å². The molecule has 2 aromatic carbocycles. The van der Waals surface area contributed by atoms with E-state index in [1.54, 1.807) is 27.9 Å². The van der Waals surface area contributed by atoms with Crippen LogP contribution < -0.4 is 10.6 Å². The summed E-state index contributed by atoms with van der Waals surface area (Å²) >= 11 is 0. The number of urea groups is 2. The first kappa shape index (κ1) is 24.2. The second-order valence-corrected chi connectivity index (χ2v) is 7.89. The Bertz CT molecular complexity index is 779. The summed E-state index contributed by atoms with van der Waals surface area (Å²) in [6.07, 6.45) is -0.447. The number of carbonyl (C=O) groups is 2. The molecule has 0 fully saturated rings. The predicted molar refractivity (Wildman–Crippen MR) is 122 cm³/mol. The zero-order valence-corrected chi connectivity index (χ0v) is 18.5. The summed E-state index contributed by atoms with van der Waals surface area (Å²) < 4.78 is 0. The van der Waals surface area contributed by atoms with Crippen molar-refractivity contribution in [1.82, 2.24) is 9.80 Å². The lowest BCUT2D eigenvalue weighted by molar-refractivity contribution is 0.149. The Hall–Kier alpha value is -3.10. The Morgan fingerprint density at radius 2 is 1.06 bits per heavy atom. The van der Waals surface area contributed by atoms with Gasteiger partial charge in [-0.1, -0.05) is 24.3 Å². The molecule has 0 aliphatic heterocycles. The fraction of sp³-hybridized carbons (Fsp3) is 0.391. The molecule has 0 aliphatic carbocycles. The van der Waals surface area contributed by atoms with E-state index in [4.69, 9.17) is 0 Å². The van der Waals surface area contributed by atoms with E-state index in [-0.39, 0.29) is 25.2 Å². The van der Waals surface area contributed by atoms with Crippen LogP contribution in [-0.4, -0.2) is 71.5 Å². The summed E-state index contributed by atoms with van der Waals surface area (Å²) in [4.78, 5) is 27.0. The number of carbonyl (C=O) groups excluding carboxylic acids is 2. The summed E-state index contributed by atoms with van der Waals surface area (Å²) in [5.41, 5.74) is 3.55. The van der Waals surface area contributed by atoms with Gasteiger partial charge in [0.05, 0.1) is 12.2 Å². The van der Waals surface area contributed by atoms with Gasteiger partial charge in [0.15, 0.2) is 0 Å². The molecular weight excluding hydrogens is 396 g/mol. The Labute approximate surface area is 183 Å². The third kappa shape index (κ3) is 8.27. The first-order valence-electron chi connectivity index (χ1n) is 10.2. The molecule has 2 aromatic rings. The van der Waals surface area contributed by atoms with Crippen LogP contribution in [0.4, 0.5) is 21.0 Å². The maximum absolute atomic E-state index is 12.1. The number of likely N-dealkylation sites (N-methyl/N-ethyl adjacent to an activating group) is 2. The minimum absolute atomic E-state index is 0.261. The number of nitrogens with one attached hydrogen (secondary N) is 2. The molecule has 0 radical (unpaired) electrons. The molecule has 8 nitrogen and oxygen atoms in total. The second-order valence-electron chi connectivity index (χ2n) is 7.89. The average molecular weight is 429 g/mol. The lowest BCUT2D eigenvalue weighted by Crippen LogP contribution is -2.36. The molecule has 0 heterocycles. The summed E-state index contributed by atoms with van der Waals surface area (Å²) in [5, 5.41) is 24.4. The Balaban J connectivity index is 1.89. The average Bonchev–Trinajstić information content (AvgIpc) is 2.69. The minimum atomic E-state index is -0.581. The molecule has 0 spiro atoms. The molecular formula is C23H32N4O4. The van der Waals surface area contributed by atoms with E-state index in [2.05, 4.69) is 10.6 Å². The van der Waals surface area contributed by atoms with Crippen molar-refractivity contribution in [3.63, 3.8) is 0 Å². The number of anilines is 2. The van der Waals surface area contributed by atoms with Gasteiger partial charge in [-0.15, -0.1) is 0 Å². The van der Waals surface area contributed by atoms with Gasteiger partial charge in [0.2, 0.25) is 0 Å². The molecule has 4 amide bonds. The molecule has 168 valence electrons. The van der Waals surface area contributed by atoms with Crippen LogP contribution in [0, 0.1) is 0 Å². The standard InChI is InChI=1S/C23H32N4O4/c1-16(28)14-26(3)22(30)24-20-9-5-18(6-10-20)13-19-7-11-21(12-8-19)25-23(31)27(4)15-17(2)29/h5-12,16-17,28-29H,13-15H2,1-4H3,(H,24,30)(H,25,31). The van der Waals surface area contributed by atoms with Crippen LogP contribution in [-0.2, 0) is 6.42 Å². The van der Waals surface area contributed by atoms with Gasteiger partial charge in [-0.25, -0.2) is 9.59 Å². The van der Waals surface area contributed by atoms with Crippen LogP contribution in [0.5, 0.6) is 0 Å². The second kappa shape index (κ2) is 11.3. The van der Waals surface area contributed by atoms with E-state index < -0.39 is 12.2 Å². The molecule has 0 aromatic heterocycles. The normalized spacial score (nSPS) is 12.6. The minimum Gasteiger partial charge on any atom is -0.392 e. The highest BCUT2D eigenvalue weighted by atomic mass is 16.3. The SMILES string of the molecule is CC(O)CN(C)C(=O)Nc1ccc(Cc2ccc(NC(=O)N(C)CC(C)O)cc2)cc1. The molecule has 0 saturated heterocycles. The van der Waals surface area contributed by atoms with Crippen molar-refractivity contribution in [2.45, 2.75) is 32.5 Å². The summed E-state index contributed by atoms with van der Waals surface area (Å²) in [6, 6.07) is 14.6. The highest BCUT2D eigenvalue weighted by Gasteiger charge is 2.12. The molecule has 2 unspecified atom stereocenters. The maximum atomic E-state index is 12.1. The van der Waals surface area contributed by atoms with Crippen LogP contribution in [0.1, 0.15) is 25.0 Å². The number of hydrogen-bond donors (Lipinski definition) is 4. The number of benzene rings is 2. The molecule has 2 atom stereocenters. The van der Waals surface area contributed by atoms with Crippen LogP contribution in [0.2, 0.25) is 0 Å².